The molecule has 2 aromatic rings. The lowest BCUT2D eigenvalue weighted by Gasteiger charge is -2.36. The smallest absolute Gasteiger partial charge is 0.229 e. The van der Waals surface area contributed by atoms with Gasteiger partial charge in [-0.15, -0.1) is 0 Å². The summed E-state index contributed by atoms with van der Waals surface area (Å²) < 4.78 is 11.2. The van der Waals surface area contributed by atoms with E-state index in [1.807, 2.05) is 61.5 Å². The van der Waals surface area contributed by atoms with E-state index in [1.165, 1.54) is 0 Å². The first-order chi connectivity index (χ1) is 13.1. The second-order valence-corrected chi connectivity index (χ2v) is 7.14. The van der Waals surface area contributed by atoms with Crippen LogP contribution >= 0.6 is 0 Å². The number of methoxy groups -OCH3 is 1. The lowest BCUT2D eigenvalue weighted by molar-refractivity contribution is -0.136. The standard InChI is InChI=1S/C22H28N2O3/c1-17(24-21(25)22(16-26-2)12-14-23-15-13-22)18-8-10-20(11-9-18)27-19-6-4-3-5-7-19/h3-11,17,23H,12-16H2,1-2H3,(H,24,25). The molecule has 1 aliphatic rings. The maximum absolute atomic E-state index is 13.0. The number of carbonyl (C=O) groups is 1. The van der Waals surface area contributed by atoms with Crippen LogP contribution in [-0.4, -0.2) is 32.7 Å². The third-order valence-electron chi connectivity index (χ3n) is 5.17. The minimum Gasteiger partial charge on any atom is -0.457 e. The number of para-hydroxylation sites is 1. The Morgan fingerprint density at radius 1 is 1.07 bits per heavy atom. The average Bonchev–Trinajstić information content (AvgIpc) is 2.70. The molecule has 1 unspecified atom stereocenters. The highest BCUT2D eigenvalue weighted by atomic mass is 16.5. The third-order valence-corrected chi connectivity index (χ3v) is 5.17. The van der Waals surface area contributed by atoms with E-state index < -0.39 is 5.41 Å². The van der Waals surface area contributed by atoms with E-state index >= 15 is 0 Å². The largest absolute Gasteiger partial charge is 0.457 e. The lowest BCUT2D eigenvalue weighted by atomic mass is 9.78. The van der Waals surface area contributed by atoms with Crippen LogP contribution in [0.15, 0.2) is 54.6 Å². The van der Waals surface area contributed by atoms with Crippen molar-refractivity contribution in [3.8, 4) is 11.5 Å². The van der Waals surface area contributed by atoms with E-state index in [0.29, 0.717) is 6.61 Å². The first kappa shape index (κ1) is 19.4. The van der Waals surface area contributed by atoms with Crippen LogP contribution in [0.3, 0.4) is 0 Å². The molecule has 0 bridgehead atoms. The average molecular weight is 368 g/mol. The van der Waals surface area contributed by atoms with E-state index in [9.17, 15) is 4.79 Å². The quantitative estimate of drug-likeness (QED) is 0.783. The van der Waals surface area contributed by atoms with Gasteiger partial charge in [-0.1, -0.05) is 30.3 Å². The Labute approximate surface area is 161 Å². The van der Waals surface area contributed by atoms with Crippen molar-refractivity contribution in [2.45, 2.75) is 25.8 Å². The second kappa shape index (κ2) is 9.02. The molecular weight excluding hydrogens is 340 g/mol. The van der Waals surface area contributed by atoms with Gasteiger partial charge in [0.2, 0.25) is 5.91 Å². The van der Waals surface area contributed by atoms with Crippen LogP contribution < -0.4 is 15.4 Å². The van der Waals surface area contributed by atoms with Gasteiger partial charge in [-0.3, -0.25) is 4.79 Å². The highest BCUT2D eigenvalue weighted by Gasteiger charge is 2.40. The number of rotatable bonds is 7. The number of piperidine rings is 1. The lowest BCUT2D eigenvalue weighted by Crippen LogP contribution is -2.50. The van der Waals surface area contributed by atoms with Gasteiger partial charge in [0.05, 0.1) is 18.1 Å². The number of hydrogen-bond donors (Lipinski definition) is 2. The van der Waals surface area contributed by atoms with Gasteiger partial charge in [0, 0.05) is 7.11 Å². The Morgan fingerprint density at radius 3 is 2.33 bits per heavy atom. The van der Waals surface area contributed by atoms with E-state index in [0.717, 1.165) is 43.0 Å². The molecule has 0 radical (unpaired) electrons. The molecule has 1 amide bonds. The normalized spacial score (nSPS) is 17.1. The van der Waals surface area contributed by atoms with Crippen LogP contribution in [0.2, 0.25) is 0 Å². The maximum atomic E-state index is 13.0. The molecule has 1 saturated heterocycles. The van der Waals surface area contributed by atoms with Crippen LogP contribution in [0.1, 0.15) is 31.4 Å². The molecule has 1 fully saturated rings. The Morgan fingerprint density at radius 2 is 1.70 bits per heavy atom. The maximum Gasteiger partial charge on any atom is 0.229 e. The van der Waals surface area contributed by atoms with Crippen LogP contribution in [0.4, 0.5) is 0 Å². The van der Waals surface area contributed by atoms with Crippen LogP contribution in [0.5, 0.6) is 11.5 Å². The summed E-state index contributed by atoms with van der Waals surface area (Å²) in [7, 11) is 1.66. The number of nitrogens with one attached hydrogen (secondary N) is 2. The molecule has 3 rings (SSSR count). The topological polar surface area (TPSA) is 59.6 Å². The fraction of sp³-hybridized carbons (Fsp3) is 0.409. The van der Waals surface area contributed by atoms with Gasteiger partial charge in [-0.2, -0.15) is 0 Å². The monoisotopic (exact) mass is 368 g/mol. The number of ether oxygens (including phenoxy) is 2. The van der Waals surface area contributed by atoms with Crippen molar-refractivity contribution in [1.29, 1.82) is 0 Å². The molecule has 1 heterocycles. The Bertz CT molecular complexity index is 719. The second-order valence-electron chi connectivity index (χ2n) is 7.14. The highest BCUT2D eigenvalue weighted by Crippen LogP contribution is 2.31. The third kappa shape index (κ3) is 4.87. The summed E-state index contributed by atoms with van der Waals surface area (Å²) in [4.78, 5) is 13.0. The van der Waals surface area contributed by atoms with E-state index in [-0.39, 0.29) is 11.9 Å². The molecule has 5 nitrogen and oxygen atoms in total. The molecule has 2 N–H and O–H groups in total. The minimum absolute atomic E-state index is 0.0722. The van der Waals surface area contributed by atoms with Crippen molar-refractivity contribution < 1.29 is 14.3 Å². The Kier molecular flexibility index (Phi) is 6.48. The summed E-state index contributed by atoms with van der Waals surface area (Å²) in [6, 6.07) is 17.5. The molecular formula is C22H28N2O3. The van der Waals surface area contributed by atoms with E-state index in [2.05, 4.69) is 10.6 Å². The number of benzene rings is 2. The van der Waals surface area contributed by atoms with Crippen molar-refractivity contribution in [1.82, 2.24) is 10.6 Å². The molecule has 0 saturated carbocycles. The summed E-state index contributed by atoms with van der Waals surface area (Å²) >= 11 is 0. The number of carbonyl (C=O) groups excluding carboxylic acids is 1. The fourth-order valence-corrected chi connectivity index (χ4v) is 3.50. The predicted molar refractivity (Wildman–Crippen MR) is 106 cm³/mol. The SMILES string of the molecule is COCC1(C(=O)NC(C)c2ccc(Oc3ccccc3)cc2)CCNCC1. The molecule has 2 aromatic carbocycles. The summed E-state index contributed by atoms with van der Waals surface area (Å²) in [6.45, 7) is 4.15. The highest BCUT2D eigenvalue weighted by molar-refractivity contribution is 5.83. The molecule has 27 heavy (non-hydrogen) atoms. The van der Waals surface area contributed by atoms with Gasteiger partial charge in [0.25, 0.3) is 0 Å². The van der Waals surface area contributed by atoms with Crippen LogP contribution in [0.25, 0.3) is 0 Å². The molecule has 1 atom stereocenters. The molecule has 0 aromatic heterocycles. The van der Waals surface area contributed by atoms with Gasteiger partial charge < -0.3 is 20.1 Å². The van der Waals surface area contributed by atoms with Crippen LogP contribution in [-0.2, 0) is 9.53 Å². The van der Waals surface area contributed by atoms with Crippen molar-refractivity contribution in [3.05, 3.63) is 60.2 Å². The Hall–Kier alpha value is -2.37. The van der Waals surface area contributed by atoms with Crippen LogP contribution in [0, 0.1) is 5.41 Å². The van der Waals surface area contributed by atoms with Crippen molar-refractivity contribution in [2.24, 2.45) is 5.41 Å². The Balaban J connectivity index is 1.63. The summed E-state index contributed by atoms with van der Waals surface area (Å²) in [5, 5.41) is 6.49. The fourth-order valence-electron chi connectivity index (χ4n) is 3.50. The minimum atomic E-state index is -0.440. The number of hydrogen-bond acceptors (Lipinski definition) is 4. The van der Waals surface area contributed by atoms with E-state index in [4.69, 9.17) is 9.47 Å². The van der Waals surface area contributed by atoms with Gasteiger partial charge in [-0.25, -0.2) is 0 Å². The predicted octanol–water partition coefficient (Wildman–Crippen LogP) is 3.67. The zero-order valence-corrected chi connectivity index (χ0v) is 16.0. The van der Waals surface area contributed by atoms with Gasteiger partial charge >= 0.3 is 0 Å². The van der Waals surface area contributed by atoms with Gasteiger partial charge in [-0.05, 0) is 62.7 Å². The molecule has 0 spiro atoms. The molecule has 1 aliphatic heterocycles. The van der Waals surface area contributed by atoms with E-state index in [1.54, 1.807) is 7.11 Å². The molecule has 144 valence electrons. The zero-order valence-electron chi connectivity index (χ0n) is 16.0. The summed E-state index contributed by atoms with van der Waals surface area (Å²) in [6.07, 6.45) is 1.59. The number of amides is 1. The van der Waals surface area contributed by atoms with Crippen molar-refractivity contribution in [2.75, 3.05) is 26.8 Å². The molecule has 0 aliphatic carbocycles. The van der Waals surface area contributed by atoms with Crippen molar-refractivity contribution in [3.63, 3.8) is 0 Å². The van der Waals surface area contributed by atoms with Gasteiger partial charge in [0.1, 0.15) is 11.5 Å². The molecule has 5 heteroatoms. The first-order valence-electron chi connectivity index (χ1n) is 9.46. The summed E-state index contributed by atoms with van der Waals surface area (Å²) in [5.41, 5.74) is 0.607. The zero-order chi connectivity index (χ0) is 19.1. The summed E-state index contributed by atoms with van der Waals surface area (Å²) in [5.74, 6) is 1.65. The first-order valence-corrected chi connectivity index (χ1v) is 9.46. The van der Waals surface area contributed by atoms with Gasteiger partial charge in [0.15, 0.2) is 0 Å². The van der Waals surface area contributed by atoms with Crippen molar-refractivity contribution >= 4 is 5.91 Å².